The number of nitrogens with one attached hydrogen (secondary N) is 4. The van der Waals surface area contributed by atoms with Gasteiger partial charge in [-0.15, -0.1) is 40.9 Å². The summed E-state index contributed by atoms with van der Waals surface area (Å²) < 4.78 is 29.0. The number of esters is 4. The van der Waals surface area contributed by atoms with Crippen LogP contribution in [0.25, 0.3) is 0 Å². The van der Waals surface area contributed by atoms with E-state index in [2.05, 4.69) is 62.2 Å². The van der Waals surface area contributed by atoms with Crippen molar-refractivity contribution in [2.75, 3.05) is 80.8 Å². The Balaban J connectivity index is 1.21. The first-order valence-electron chi connectivity index (χ1n) is 33.6. The molecule has 32 heteroatoms. The molecule has 32 nitrogen and oxygen atoms in total. The van der Waals surface area contributed by atoms with Crippen molar-refractivity contribution in [2.24, 2.45) is 46.3 Å². The summed E-state index contributed by atoms with van der Waals surface area (Å²) in [6.07, 6.45) is 1.92. The molecule has 0 aliphatic rings. The van der Waals surface area contributed by atoms with Gasteiger partial charge in [0.05, 0.1) is 22.3 Å². The minimum absolute atomic E-state index is 0.103. The molecule has 4 heterocycles. The van der Waals surface area contributed by atoms with E-state index >= 15 is 0 Å². The van der Waals surface area contributed by atoms with Crippen LogP contribution < -0.4 is 43.5 Å². The van der Waals surface area contributed by atoms with Crippen LogP contribution in [-0.4, -0.2) is 143 Å². The van der Waals surface area contributed by atoms with Gasteiger partial charge in [-0.3, -0.25) is 37.4 Å². The monoisotopic (exact) mass is 1440 g/mol. The van der Waals surface area contributed by atoms with Gasteiger partial charge in [0.25, 0.3) is 22.2 Å². The lowest BCUT2D eigenvalue weighted by Gasteiger charge is -2.31. The van der Waals surface area contributed by atoms with Crippen LogP contribution in [-0.2, 0) is 45.1 Å². The highest BCUT2D eigenvalue weighted by molar-refractivity contribution is 5.97. The number of hydrogen-bond acceptors (Lipinski definition) is 28. The summed E-state index contributed by atoms with van der Waals surface area (Å²) in [6, 6.07) is 28.6. The maximum Gasteiger partial charge on any atom is 0.340 e. The zero-order valence-electron chi connectivity index (χ0n) is 59.4. The smallest absolute Gasteiger partial charge is 0.340 e. The highest BCUT2D eigenvalue weighted by Gasteiger charge is 2.40. The number of hydrogen-bond donors (Lipinski definition) is 8. The number of carbonyl (C=O) groups is 4. The molecule has 0 aliphatic heterocycles. The van der Waals surface area contributed by atoms with Crippen molar-refractivity contribution in [3.05, 3.63) is 207 Å². The Morgan fingerprint density at radius 2 is 0.543 bits per heavy atom. The van der Waals surface area contributed by atoms with E-state index in [-0.39, 0.29) is 140 Å². The molecule has 105 heavy (non-hydrogen) atoms. The van der Waals surface area contributed by atoms with Crippen molar-refractivity contribution >= 4 is 69.4 Å². The van der Waals surface area contributed by atoms with Crippen molar-refractivity contribution in [2.45, 2.75) is 79.6 Å². The number of aryl methyl sites for hydroxylation is 4. The maximum absolute atomic E-state index is 14.8. The standard InChI is InChI=1S/C73H84N16O16/c1-45-37-57(90)86(33-17-29-74-5)65(94)61(45)82-78-53-25-13-9-21-49(53)69(98)102-41-73(42-103-70(99)50-22-10-14-26-54(50)79-83-62-46(2)38-58(91)87(66(62)95)34-18-30-75-6,43-104-71(100)51-23-11-15-27-55(51)80-84-63-47(3)39-59(92)88(67(63)96)35-19-31-76-7)44-105-72(101)52-24-12-16-28-56(52)81-85-64-48(4)40-60(93)89(68(64)97)36-20-32-77-8/h9-16,21-28,37-40,74-77,90-93H,17-20,29-36,41-44H2,1-8H3. The van der Waals surface area contributed by atoms with Crippen LogP contribution in [0.3, 0.4) is 0 Å². The molecule has 0 bridgehead atoms. The van der Waals surface area contributed by atoms with Gasteiger partial charge in [0.1, 0.15) is 54.6 Å². The first kappa shape index (κ1) is 78.7. The Kier molecular flexibility index (Phi) is 28.3. The summed E-state index contributed by atoms with van der Waals surface area (Å²) in [5.41, 5.74) is -5.56. The molecular weight excluding hydrogens is 1360 g/mol. The normalized spacial score (nSPS) is 12.2. The molecule has 0 saturated carbocycles. The van der Waals surface area contributed by atoms with Gasteiger partial charge in [-0.1, -0.05) is 48.5 Å². The number of aromatic hydroxyl groups is 4. The van der Waals surface area contributed by atoms with E-state index in [9.17, 15) is 58.8 Å². The summed E-state index contributed by atoms with van der Waals surface area (Å²) in [5, 5.41) is 89.1. The fourth-order valence-electron chi connectivity index (χ4n) is 10.8. The van der Waals surface area contributed by atoms with Crippen LogP contribution in [0, 0.1) is 33.1 Å². The predicted molar refractivity (Wildman–Crippen MR) is 389 cm³/mol. The van der Waals surface area contributed by atoms with Crippen molar-refractivity contribution in [1.29, 1.82) is 0 Å². The number of benzene rings is 4. The largest absolute Gasteiger partial charge is 0.494 e. The molecule has 0 radical (unpaired) electrons. The average molecular weight is 1440 g/mol. The predicted octanol–water partition coefficient (Wildman–Crippen LogP) is 10.2. The van der Waals surface area contributed by atoms with Crippen molar-refractivity contribution in [3.63, 3.8) is 0 Å². The summed E-state index contributed by atoms with van der Waals surface area (Å²) >= 11 is 0. The summed E-state index contributed by atoms with van der Waals surface area (Å²) in [7, 11) is 6.97. The molecular formula is C73H84N16O16. The second-order valence-corrected chi connectivity index (χ2v) is 24.5. The Hall–Kier alpha value is -12.0. The molecule has 8 aromatic rings. The number of rotatable bonds is 36. The topological polar surface area (TPSA) is 421 Å². The molecule has 552 valence electrons. The van der Waals surface area contributed by atoms with Crippen LogP contribution in [0.5, 0.6) is 23.5 Å². The lowest BCUT2D eigenvalue weighted by molar-refractivity contribution is -0.0641. The Morgan fingerprint density at radius 1 is 0.343 bits per heavy atom. The lowest BCUT2D eigenvalue weighted by Crippen LogP contribution is -2.44. The molecule has 0 spiro atoms. The fourth-order valence-corrected chi connectivity index (χ4v) is 10.8. The molecule has 8 rings (SSSR count). The van der Waals surface area contributed by atoms with Crippen LogP contribution in [0.2, 0.25) is 0 Å². The number of pyridine rings is 4. The van der Waals surface area contributed by atoms with E-state index in [1.54, 1.807) is 55.9 Å². The zero-order chi connectivity index (χ0) is 75.7. The van der Waals surface area contributed by atoms with Gasteiger partial charge in [0.2, 0.25) is 0 Å². The summed E-state index contributed by atoms with van der Waals surface area (Å²) in [4.78, 5) is 114. The number of nitrogens with zero attached hydrogens (tertiary/aromatic N) is 12. The van der Waals surface area contributed by atoms with Gasteiger partial charge in [-0.25, -0.2) is 19.2 Å². The molecule has 8 N–H and O–H groups in total. The minimum Gasteiger partial charge on any atom is -0.494 e. The fraction of sp³-hybridized carbons (Fsp3) is 0.342. The van der Waals surface area contributed by atoms with Gasteiger partial charge in [-0.2, -0.15) is 0 Å². The number of carbonyl (C=O) groups excluding carboxylic acids is 4. The number of azo groups is 4. The maximum atomic E-state index is 14.8. The van der Waals surface area contributed by atoms with E-state index in [0.29, 0.717) is 51.9 Å². The SMILES string of the molecule is CNCCCn1c(O)cc(C)c(N=Nc2ccccc2C(=O)OCC(COC(=O)c2ccccc2N=Nc2c(C)cc(O)n(CCCNC)c2=O)(COC(=O)c2ccccc2N=Nc2c(C)cc(O)n(CCCNC)c2=O)COC(=O)c2ccccc2N=Nc2c(C)cc(O)n(CCCNC)c2=O)c1=O. The first-order valence-corrected chi connectivity index (χ1v) is 33.6. The van der Waals surface area contributed by atoms with Crippen molar-refractivity contribution in [3.8, 4) is 23.5 Å². The number of aromatic nitrogens is 4. The van der Waals surface area contributed by atoms with Gasteiger partial charge < -0.3 is 60.6 Å². The Labute approximate surface area is 602 Å². The van der Waals surface area contributed by atoms with E-state index in [0.717, 1.165) is 18.3 Å². The second-order valence-electron chi connectivity index (χ2n) is 24.5. The van der Waals surface area contributed by atoms with E-state index in [4.69, 9.17) is 18.9 Å². The van der Waals surface area contributed by atoms with Crippen LogP contribution in [0.4, 0.5) is 45.5 Å². The molecule has 4 aromatic carbocycles. The van der Waals surface area contributed by atoms with E-state index in [1.165, 1.54) is 121 Å². The zero-order valence-corrected chi connectivity index (χ0v) is 59.4. The van der Waals surface area contributed by atoms with E-state index < -0.39 is 78.0 Å². The van der Waals surface area contributed by atoms with Crippen LogP contribution in [0.1, 0.15) is 89.4 Å². The van der Waals surface area contributed by atoms with Crippen LogP contribution in [0.15, 0.2) is 181 Å². The molecule has 0 fully saturated rings. The highest BCUT2D eigenvalue weighted by Crippen LogP contribution is 2.33. The third-order valence-corrected chi connectivity index (χ3v) is 16.6. The van der Waals surface area contributed by atoms with Gasteiger partial charge in [-0.05, 0) is 179 Å². The lowest BCUT2D eigenvalue weighted by atomic mass is 9.91. The molecule has 0 aliphatic carbocycles. The van der Waals surface area contributed by atoms with E-state index in [1.807, 2.05) is 0 Å². The van der Waals surface area contributed by atoms with Crippen LogP contribution >= 0.6 is 0 Å². The summed E-state index contributed by atoms with van der Waals surface area (Å²) in [5.74, 6) is -5.59. The molecule has 0 saturated heterocycles. The molecule has 0 unspecified atom stereocenters. The highest BCUT2D eigenvalue weighted by atomic mass is 16.6. The average Bonchev–Trinajstić information content (AvgIpc) is 0.825. The van der Waals surface area contributed by atoms with Gasteiger partial charge in [0.15, 0.2) is 46.3 Å². The summed E-state index contributed by atoms with van der Waals surface area (Å²) in [6.45, 7) is 5.23. The number of ether oxygens (including phenoxy) is 4. The van der Waals surface area contributed by atoms with Crippen molar-refractivity contribution < 1.29 is 58.6 Å². The molecule has 0 amide bonds. The second kappa shape index (κ2) is 37.8. The third kappa shape index (κ3) is 20.2. The Morgan fingerprint density at radius 3 is 0.743 bits per heavy atom. The Bertz CT molecular complexity index is 4250. The first-order chi connectivity index (χ1) is 50.5. The molecule has 0 atom stereocenters. The quantitative estimate of drug-likeness (QED) is 0.00783. The van der Waals surface area contributed by atoms with Crippen molar-refractivity contribution in [1.82, 2.24) is 39.5 Å². The van der Waals surface area contributed by atoms with Gasteiger partial charge in [0, 0.05) is 50.4 Å². The third-order valence-electron chi connectivity index (χ3n) is 16.6. The molecule has 4 aromatic heterocycles. The minimum atomic E-state index is -2.14. The van der Waals surface area contributed by atoms with Gasteiger partial charge >= 0.3 is 23.9 Å².